The zero-order valence-corrected chi connectivity index (χ0v) is 18.1. The van der Waals surface area contributed by atoms with Crippen molar-refractivity contribution >= 4 is 22.6 Å². The lowest BCUT2D eigenvalue weighted by Gasteiger charge is -2.32. The average Bonchev–Trinajstić information content (AvgIpc) is 3.45. The van der Waals surface area contributed by atoms with E-state index < -0.39 is 5.41 Å². The monoisotopic (exact) mass is 416 g/mol. The maximum atomic E-state index is 13.2. The fourth-order valence-electron chi connectivity index (χ4n) is 4.19. The summed E-state index contributed by atoms with van der Waals surface area (Å²) in [6.45, 7) is 4.36. The standard InChI is InChI=1S/C24H28N6O/c1-24(16-26,23(31)30-11-3-4-12-30)18-7-10-21-20(13-18)28-22(29(21)2)15-27-19-8-5-17(14-25)6-9-19/h5-10,13,27H,3-4,11-12,15-16,26H2,1-2H3. The topological polar surface area (TPSA) is 100.0 Å². The first-order valence-electron chi connectivity index (χ1n) is 10.7. The molecule has 1 aromatic heterocycles. The van der Waals surface area contributed by atoms with Crippen molar-refractivity contribution in [3.8, 4) is 6.07 Å². The van der Waals surface area contributed by atoms with Gasteiger partial charge in [0, 0.05) is 32.4 Å². The number of carbonyl (C=O) groups excluding carboxylic acids is 1. The van der Waals surface area contributed by atoms with Crippen LogP contribution in [0.2, 0.25) is 0 Å². The van der Waals surface area contributed by atoms with Gasteiger partial charge in [0.15, 0.2) is 0 Å². The number of aromatic nitrogens is 2. The molecule has 1 amide bonds. The van der Waals surface area contributed by atoms with E-state index >= 15 is 0 Å². The van der Waals surface area contributed by atoms with E-state index in [1.165, 1.54) is 0 Å². The van der Waals surface area contributed by atoms with E-state index in [9.17, 15) is 4.79 Å². The largest absolute Gasteiger partial charge is 0.378 e. The number of hydrogen-bond donors (Lipinski definition) is 2. The lowest BCUT2D eigenvalue weighted by Crippen LogP contribution is -2.48. The van der Waals surface area contributed by atoms with Crippen LogP contribution in [0.4, 0.5) is 5.69 Å². The summed E-state index contributed by atoms with van der Waals surface area (Å²) in [7, 11) is 1.99. The van der Waals surface area contributed by atoms with E-state index in [4.69, 9.17) is 16.0 Å². The molecule has 1 fully saturated rings. The number of aryl methyl sites for hydroxylation is 1. The minimum Gasteiger partial charge on any atom is -0.378 e. The highest BCUT2D eigenvalue weighted by atomic mass is 16.2. The molecule has 1 aliphatic rings. The van der Waals surface area contributed by atoms with Crippen molar-refractivity contribution in [1.82, 2.24) is 14.5 Å². The molecule has 1 unspecified atom stereocenters. The molecule has 1 aliphatic heterocycles. The van der Waals surface area contributed by atoms with Crippen LogP contribution in [0.3, 0.4) is 0 Å². The summed E-state index contributed by atoms with van der Waals surface area (Å²) in [6.07, 6.45) is 2.11. The first kappa shape index (κ1) is 20.9. The Labute approximate surface area is 182 Å². The number of nitriles is 1. The first-order chi connectivity index (χ1) is 15.0. The number of benzene rings is 2. The summed E-state index contributed by atoms with van der Waals surface area (Å²) in [6, 6.07) is 15.5. The fraction of sp³-hybridized carbons (Fsp3) is 0.375. The first-order valence-corrected chi connectivity index (χ1v) is 10.7. The normalized spacial score (nSPS) is 15.6. The van der Waals surface area contributed by atoms with Gasteiger partial charge in [0.2, 0.25) is 5.91 Å². The molecule has 1 saturated heterocycles. The van der Waals surface area contributed by atoms with Gasteiger partial charge < -0.3 is 20.5 Å². The number of imidazole rings is 1. The van der Waals surface area contributed by atoms with Crippen LogP contribution in [0.5, 0.6) is 0 Å². The van der Waals surface area contributed by atoms with E-state index in [1.54, 1.807) is 12.1 Å². The van der Waals surface area contributed by atoms with Crippen molar-refractivity contribution in [3.63, 3.8) is 0 Å². The zero-order chi connectivity index (χ0) is 22.0. The molecule has 4 rings (SSSR count). The number of nitrogens with two attached hydrogens (primary N) is 1. The van der Waals surface area contributed by atoms with Crippen molar-refractivity contribution in [2.75, 3.05) is 25.0 Å². The van der Waals surface area contributed by atoms with E-state index in [0.717, 1.165) is 54.0 Å². The van der Waals surface area contributed by atoms with Crippen molar-refractivity contribution < 1.29 is 4.79 Å². The second-order valence-electron chi connectivity index (χ2n) is 8.37. The SMILES string of the molecule is Cn1c(CNc2ccc(C#N)cc2)nc2cc(C(C)(CN)C(=O)N3CCCC3)ccc21. The maximum Gasteiger partial charge on any atom is 0.234 e. The number of hydrogen-bond acceptors (Lipinski definition) is 5. The molecule has 1 atom stereocenters. The predicted molar refractivity (Wildman–Crippen MR) is 121 cm³/mol. The summed E-state index contributed by atoms with van der Waals surface area (Å²) in [4.78, 5) is 19.9. The van der Waals surface area contributed by atoms with Gasteiger partial charge in [-0.25, -0.2) is 4.98 Å². The van der Waals surface area contributed by atoms with Gasteiger partial charge in [0.1, 0.15) is 5.82 Å². The highest BCUT2D eigenvalue weighted by molar-refractivity contribution is 5.90. The van der Waals surface area contributed by atoms with Crippen LogP contribution in [-0.2, 0) is 23.8 Å². The smallest absolute Gasteiger partial charge is 0.234 e. The molecule has 31 heavy (non-hydrogen) atoms. The van der Waals surface area contributed by atoms with Crippen LogP contribution in [0, 0.1) is 11.3 Å². The van der Waals surface area contributed by atoms with Gasteiger partial charge in [-0.15, -0.1) is 0 Å². The summed E-state index contributed by atoms with van der Waals surface area (Å²) in [5, 5.41) is 12.3. The van der Waals surface area contributed by atoms with Crippen LogP contribution >= 0.6 is 0 Å². The Morgan fingerprint density at radius 2 is 1.94 bits per heavy atom. The maximum absolute atomic E-state index is 13.2. The lowest BCUT2D eigenvalue weighted by atomic mass is 9.81. The number of nitrogens with one attached hydrogen (secondary N) is 1. The second-order valence-corrected chi connectivity index (χ2v) is 8.37. The summed E-state index contributed by atoms with van der Waals surface area (Å²) in [5.74, 6) is 0.988. The highest BCUT2D eigenvalue weighted by Crippen LogP contribution is 2.30. The Bertz CT molecular complexity index is 1140. The van der Waals surface area contributed by atoms with Crippen LogP contribution in [0.25, 0.3) is 11.0 Å². The molecule has 160 valence electrons. The van der Waals surface area contributed by atoms with Gasteiger partial charge in [-0.1, -0.05) is 6.07 Å². The van der Waals surface area contributed by atoms with Crippen molar-refractivity contribution in [3.05, 3.63) is 59.4 Å². The van der Waals surface area contributed by atoms with Gasteiger partial charge in [0.05, 0.1) is 34.6 Å². The minimum atomic E-state index is -0.753. The van der Waals surface area contributed by atoms with Gasteiger partial charge in [0.25, 0.3) is 0 Å². The van der Waals surface area contributed by atoms with Crippen LogP contribution in [0.15, 0.2) is 42.5 Å². The third-order valence-corrected chi connectivity index (χ3v) is 6.35. The third kappa shape index (κ3) is 3.87. The summed E-state index contributed by atoms with van der Waals surface area (Å²) in [5.41, 5.74) is 9.69. The number of fused-ring (bicyclic) bond motifs is 1. The third-order valence-electron chi connectivity index (χ3n) is 6.35. The Balaban J connectivity index is 1.59. The van der Waals surface area contributed by atoms with E-state index in [-0.39, 0.29) is 12.5 Å². The second kappa shape index (κ2) is 8.40. The van der Waals surface area contributed by atoms with Gasteiger partial charge in [-0.2, -0.15) is 5.26 Å². The van der Waals surface area contributed by atoms with Crippen LogP contribution in [-0.4, -0.2) is 40.0 Å². The Hall–Kier alpha value is -3.37. The van der Waals surface area contributed by atoms with Gasteiger partial charge >= 0.3 is 0 Å². The predicted octanol–water partition coefficient (Wildman–Crippen LogP) is 2.90. The zero-order valence-electron chi connectivity index (χ0n) is 18.1. The Morgan fingerprint density at radius 3 is 2.58 bits per heavy atom. The number of nitrogens with zero attached hydrogens (tertiary/aromatic N) is 4. The molecule has 0 saturated carbocycles. The number of likely N-dealkylation sites (tertiary alicyclic amines) is 1. The highest BCUT2D eigenvalue weighted by Gasteiger charge is 2.38. The minimum absolute atomic E-state index is 0.102. The molecule has 3 N–H and O–H groups in total. The lowest BCUT2D eigenvalue weighted by molar-refractivity contribution is -0.135. The van der Waals surface area contributed by atoms with Crippen molar-refractivity contribution in [2.24, 2.45) is 12.8 Å². The van der Waals surface area contributed by atoms with Crippen LogP contribution < -0.4 is 11.1 Å². The molecular formula is C24H28N6O. The molecule has 7 heteroatoms. The molecule has 0 aliphatic carbocycles. The summed E-state index contributed by atoms with van der Waals surface area (Å²) < 4.78 is 2.05. The van der Waals surface area contributed by atoms with Crippen molar-refractivity contribution in [2.45, 2.75) is 31.7 Å². The Morgan fingerprint density at radius 1 is 1.23 bits per heavy atom. The molecule has 0 radical (unpaired) electrons. The molecule has 7 nitrogen and oxygen atoms in total. The van der Waals surface area contributed by atoms with E-state index in [1.807, 2.05) is 49.2 Å². The van der Waals surface area contributed by atoms with E-state index in [2.05, 4.69) is 16.0 Å². The number of carbonyl (C=O) groups is 1. The van der Waals surface area contributed by atoms with Crippen LogP contribution in [0.1, 0.15) is 36.7 Å². The van der Waals surface area contributed by atoms with Gasteiger partial charge in [-0.05, 0) is 61.7 Å². The van der Waals surface area contributed by atoms with E-state index in [0.29, 0.717) is 12.1 Å². The number of amides is 1. The quantitative estimate of drug-likeness (QED) is 0.644. The molecule has 3 aromatic rings. The van der Waals surface area contributed by atoms with Crippen molar-refractivity contribution in [1.29, 1.82) is 5.26 Å². The fourth-order valence-corrected chi connectivity index (χ4v) is 4.19. The summed E-state index contributed by atoms with van der Waals surface area (Å²) >= 11 is 0. The average molecular weight is 417 g/mol. The number of anilines is 1. The molecule has 2 aromatic carbocycles. The number of rotatable bonds is 6. The molecular weight excluding hydrogens is 388 g/mol. The molecule has 2 heterocycles. The molecule has 0 bridgehead atoms. The Kier molecular flexibility index (Phi) is 5.66. The van der Waals surface area contributed by atoms with Gasteiger partial charge in [-0.3, -0.25) is 4.79 Å². The molecule has 0 spiro atoms.